The van der Waals surface area contributed by atoms with Crippen molar-refractivity contribution < 1.29 is 4.79 Å². The molecule has 1 saturated carbocycles. The van der Waals surface area contributed by atoms with E-state index in [4.69, 9.17) is 0 Å². The Hall–Kier alpha value is -3.02. The Morgan fingerprint density at radius 3 is 2.54 bits per heavy atom. The predicted molar refractivity (Wildman–Crippen MR) is 98.6 cm³/mol. The number of hydrogen-bond donors (Lipinski definition) is 0. The molecule has 5 rings (SSSR count). The minimum atomic E-state index is 0.0796. The van der Waals surface area contributed by atoms with E-state index in [1.807, 2.05) is 42.3 Å². The van der Waals surface area contributed by atoms with Crippen molar-refractivity contribution in [1.82, 2.24) is 19.5 Å². The second-order valence-corrected chi connectivity index (χ2v) is 7.35. The van der Waals surface area contributed by atoms with Crippen molar-refractivity contribution in [2.24, 2.45) is 7.05 Å². The van der Waals surface area contributed by atoms with Gasteiger partial charge in [0.15, 0.2) is 5.78 Å². The maximum absolute atomic E-state index is 11.8. The minimum Gasteiger partial charge on any atom is -0.340 e. The highest BCUT2D eigenvalue weighted by Gasteiger charge is 2.52. The smallest absolute Gasteiger partial charge is 0.229 e. The first kappa shape index (κ1) is 15.3. The zero-order valence-corrected chi connectivity index (χ0v) is 14.8. The van der Waals surface area contributed by atoms with Gasteiger partial charge >= 0.3 is 0 Å². The summed E-state index contributed by atoms with van der Waals surface area (Å²) >= 11 is 0. The lowest BCUT2D eigenvalue weighted by molar-refractivity contribution is 0.101. The SMILES string of the molecule is CC(=O)c1ccc2c(c1)N(c1ncc(-c3cn(C)cn3)cn1)CC21CC1. The zero-order chi connectivity index (χ0) is 17.9. The summed E-state index contributed by atoms with van der Waals surface area (Å²) in [7, 11) is 1.94. The second kappa shape index (κ2) is 5.24. The van der Waals surface area contributed by atoms with Crippen LogP contribution in [0.2, 0.25) is 0 Å². The van der Waals surface area contributed by atoms with Gasteiger partial charge in [-0.1, -0.05) is 12.1 Å². The molecule has 2 aromatic heterocycles. The van der Waals surface area contributed by atoms with E-state index >= 15 is 0 Å². The summed E-state index contributed by atoms with van der Waals surface area (Å²) in [4.78, 5) is 27.5. The number of fused-ring (bicyclic) bond motifs is 2. The molecule has 2 aliphatic rings. The number of Topliss-reactive ketones (excluding diaryl/α,β-unsaturated/α-hetero) is 1. The second-order valence-electron chi connectivity index (χ2n) is 7.35. The van der Waals surface area contributed by atoms with Gasteiger partial charge in [0.25, 0.3) is 0 Å². The van der Waals surface area contributed by atoms with Crippen LogP contribution in [-0.4, -0.2) is 31.8 Å². The van der Waals surface area contributed by atoms with E-state index in [9.17, 15) is 4.79 Å². The highest BCUT2D eigenvalue weighted by atomic mass is 16.1. The number of nitrogens with zero attached hydrogens (tertiary/aromatic N) is 5. The number of ketones is 1. The molecule has 0 N–H and O–H groups in total. The first-order valence-electron chi connectivity index (χ1n) is 8.79. The molecule has 0 unspecified atom stereocenters. The van der Waals surface area contributed by atoms with Crippen LogP contribution >= 0.6 is 0 Å². The third-order valence-corrected chi connectivity index (χ3v) is 5.46. The van der Waals surface area contributed by atoms with Crippen molar-refractivity contribution in [1.29, 1.82) is 0 Å². The summed E-state index contributed by atoms with van der Waals surface area (Å²) in [5.41, 5.74) is 5.09. The van der Waals surface area contributed by atoms with Crippen LogP contribution in [0.15, 0.2) is 43.1 Å². The Labute approximate surface area is 151 Å². The normalized spacial score (nSPS) is 16.8. The molecule has 130 valence electrons. The molecular weight excluding hydrogens is 326 g/mol. The van der Waals surface area contributed by atoms with Crippen molar-refractivity contribution in [3.63, 3.8) is 0 Å². The van der Waals surface area contributed by atoms with Gasteiger partial charge in [0.05, 0.1) is 12.0 Å². The lowest BCUT2D eigenvalue weighted by Crippen LogP contribution is -2.21. The number of aryl methyl sites for hydroxylation is 1. The number of anilines is 2. The van der Waals surface area contributed by atoms with Crippen molar-refractivity contribution in [3.8, 4) is 11.3 Å². The van der Waals surface area contributed by atoms with Crippen molar-refractivity contribution in [2.45, 2.75) is 25.2 Å². The van der Waals surface area contributed by atoms with Crippen LogP contribution in [0.25, 0.3) is 11.3 Å². The van der Waals surface area contributed by atoms with Gasteiger partial charge in [-0.3, -0.25) is 4.79 Å². The van der Waals surface area contributed by atoms with E-state index in [0.29, 0.717) is 5.95 Å². The van der Waals surface area contributed by atoms with E-state index in [-0.39, 0.29) is 11.2 Å². The number of benzene rings is 1. The predicted octanol–water partition coefficient (Wildman–Crippen LogP) is 3.26. The molecule has 0 atom stereocenters. The fraction of sp³-hybridized carbons (Fsp3) is 0.300. The number of carbonyl (C=O) groups is 1. The summed E-state index contributed by atoms with van der Waals surface area (Å²) in [6.45, 7) is 2.48. The summed E-state index contributed by atoms with van der Waals surface area (Å²) in [6.07, 6.45) is 9.71. The molecule has 3 aromatic rings. The third-order valence-electron chi connectivity index (χ3n) is 5.46. The van der Waals surface area contributed by atoms with E-state index in [1.54, 1.807) is 13.3 Å². The lowest BCUT2D eigenvalue weighted by Gasteiger charge is -2.18. The van der Waals surface area contributed by atoms with E-state index < -0.39 is 0 Å². The molecular formula is C20H19N5O. The Bertz CT molecular complexity index is 1020. The van der Waals surface area contributed by atoms with Gasteiger partial charge in [-0.05, 0) is 31.4 Å². The number of rotatable bonds is 3. The summed E-state index contributed by atoms with van der Waals surface area (Å²) < 4.78 is 1.90. The van der Waals surface area contributed by atoms with Gasteiger partial charge in [-0.2, -0.15) is 0 Å². The maximum atomic E-state index is 11.8. The van der Waals surface area contributed by atoms with Crippen LogP contribution in [0.1, 0.15) is 35.7 Å². The van der Waals surface area contributed by atoms with E-state index in [1.165, 1.54) is 18.4 Å². The van der Waals surface area contributed by atoms with Crippen molar-refractivity contribution in [2.75, 3.05) is 11.4 Å². The number of hydrogen-bond acceptors (Lipinski definition) is 5. The van der Waals surface area contributed by atoms with Gasteiger partial charge in [-0.25, -0.2) is 15.0 Å². The average Bonchev–Trinajstić information content (AvgIpc) is 3.18. The summed E-state index contributed by atoms with van der Waals surface area (Å²) in [5, 5.41) is 0. The van der Waals surface area contributed by atoms with E-state index in [0.717, 1.165) is 29.1 Å². The van der Waals surface area contributed by atoms with Crippen LogP contribution in [-0.2, 0) is 12.5 Å². The highest BCUT2D eigenvalue weighted by molar-refractivity contribution is 5.96. The number of imidazole rings is 1. The number of aromatic nitrogens is 4. The standard InChI is InChI=1S/C20H19N5O/c1-13(26)14-3-4-16-18(7-14)25(11-20(16)5-6-20)19-21-8-15(9-22-19)17-10-24(2)12-23-17/h3-4,7-10,12H,5-6,11H2,1-2H3. The molecule has 0 saturated heterocycles. The molecule has 0 radical (unpaired) electrons. The fourth-order valence-electron chi connectivity index (χ4n) is 3.81. The molecule has 0 amide bonds. The van der Waals surface area contributed by atoms with Gasteiger partial charge in [0.2, 0.25) is 5.95 Å². The van der Waals surface area contributed by atoms with Crippen LogP contribution in [0, 0.1) is 0 Å². The topological polar surface area (TPSA) is 63.9 Å². The average molecular weight is 345 g/mol. The first-order chi connectivity index (χ1) is 12.6. The Balaban J connectivity index is 1.53. The highest BCUT2D eigenvalue weighted by Crippen LogP contribution is 2.57. The molecule has 1 aliphatic heterocycles. The summed E-state index contributed by atoms with van der Waals surface area (Å²) in [6, 6.07) is 6.04. The van der Waals surface area contributed by atoms with Gasteiger partial charge < -0.3 is 9.47 Å². The van der Waals surface area contributed by atoms with Crippen LogP contribution in [0.4, 0.5) is 11.6 Å². The molecule has 0 bridgehead atoms. The summed E-state index contributed by atoms with van der Waals surface area (Å²) in [5.74, 6) is 0.756. The molecule has 26 heavy (non-hydrogen) atoms. The minimum absolute atomic E-state index is 0.0796. The van der Waals surface area contributed by atoms with Crippen molar-refractivity contribution >= 4 is 17.4 Å². The van der Waals surface area contributed by atoms with Crippen LogP contribution in [0.5, 0.6) is 0 Å². The fourth-order valence-corrected chi connectivity index (χ4v) is 3.81. The molecule has 1 aliphatic carbocycles. The lowest BCUT2D eigenvalue weighted by atomic mass is 9.97. The van der Waals surface area contributed by atoms with Crippen LogP contribution in [0.3, 0.4) is 0 Å². The Morgan fingerprint density at radius 2 is 1.92 bits per heavy atom. The van der Waals surface area contributed by atoms with Crippen LogP contribution < -0.4 is 4.90 Å². The zero-order valence-electron chi connectivity index (χ0n) is 14.8. The van der Waals surface area contributed by atoms with Gasteiger partial charge in [-0.15, -0.1) is 0 Å². The van der Waals surface area contributed by atoms with Crippen molar-refractivity contribution in [3.05, 3.63) is 54.2 Å². The quantitative estimate of drug-likeness (QED) is 0.682. The molecule has 1 aromatic carbocycles. The Kier molecular flexibility index (Phi) is 3.07. The number of carbonyl (C=O) groups excluding carboxylic acids is 1. The van der Waals surface area contributed by atoms with Gasteiger partial charge in [0, 0.05) is 54.4 Å². The largest absolute Gasteiger partial charge is 0.340 e. The molecule has 6 heteroatoms. The van der Waals surface area contributed by atoms with Gasteiger partial charge in [0.1, 0.15) is 0 Å². The maximum Gasteiger partial charge on any atom is 0.229 e. The first-order valence-corrected chi connectivity index (χ1v) is 8.79. The van der Waals surface area contributed by atoms with E-state index in [2.05, 4.69) is 25.9 Å². The monoisotopic (exact) mass is 345 g/mol. The molecule has 1 spiro atoms. The molecule has 6 nitrogen and oxygen atoms in total. The Morgan fingerprint density at radius 1 is 1.15 bits per heavy atom. The molecule has 1 fully saturated rings. The molecule has 3 heterocycles. The third kappa shape index (κ3) is 2.25.